The smallest absolute Gasteiger partial charge is 0.413 e. The highest BCUT2D eigenvalue weighted by Crippen LogP contribution is 2.33. The van der Waals surface area contributed by atoms with Gasteiger partial charge >= 0.3 is 6.09 Å². The Morgan fingerprint density at radius 2 is 1.89 bits per heavy atom. The molecule has 0 aliphatic carbocycles. The van der Waals surface area contributed by atoms with Crippen molar-refractivity contribution in [1.82, 2.24) is 15.0 Å². The van der Waals surface area contributed by atoms with Gasteiger partial charge in [0.05, 0.1) is 5.69 Å². The van der Waals surface area contributed by atoms with Crippen molar-refractivity contribution in [3.63, 3.8) is 0 Å². The van der Waals surface area contributed by atoms with Crippen LogP contribution in [0.15, 0.2) is 54.9 Å². The number of H-pyrrole nitrogens is 1. The van der Waals surface area contributed by atoms with E-state index < -0.39 is 11.6 Å². The minimum atomic E-state index is -1.03. The van der Waals surface area contributed by atoms with Gasteiger partial charge in [-0.15, -0.1) is 0 Å². The Morgan fingerprint density at radius 1 is 1.11 bits per heavy atom. The molecule has 1 amide bonds. The van der Waals surface area contributed by atoms with Crippen LogP contribution < -0.4 is 4.90 Å². The van der Waals surface area contributed by atoms with Crippen LogP contribution in [-0.4, -0.2) is 31.7 Å². The molecule has 4 aromatic rings. The molecule has 0 saturated carbocycles. The van der Waals surface area contributed by atoms with Gasteiger partial charge in [-0.1, -0.05) is 24.3 Å². The summed E-state index contributed by atoms with van der Waals surface area (Å²) in [6.45, 7) is 5.56. The zero-order valence-electron chi connectivity index (χ0n) is 15.4. The first-order valence-electron chi connectivity index (χ1n) is 8.71. The first-order chi connectivity index (χ1) is 12.8. The molecule has 3 aromatic heterocycles. The van der Waals surface area contributed by atoms with Crippen molar-refractivity contribution in [1.29, 1.82) is 0 Å². The fraction of sp³-hybridized carbons (Fsp3) is 0.190. The van der Waals surface area contributed by atoms with E-state index in [2.05, 4.69) is 9.97 Å². The standard InChI is InChI=1S/C21H20N4O2/c1-21(2,3)25(20(26)27)17-11-13-6-4-5-7-16(13)18(24-17)15-10-14-8-9-22-19(14)23-12-15/h4-12H,1-3H3,(H,22,23)(H,26,27). The van der Waals surface area contributed by atoms with Gasteiger partial charge in [0.2, 0.25) is 0 Å². The maximum Gasteiger partial charge on any atom is 0.413 e. The SMILES string of the molecule is CC(C)(C)N(C(=O)O)c1cc2ccccc2c(-c2cnc3[nH]ccc3c2)n1. The van der Waals surface area contributed by atoms with Crippen LogP contribution in [0.3, 0.4) is 0 Å². The number of rotatable bonds is 2. The number of pyridine rings is 2. The minimum Gasteiger partial charge on any atom is -0.465 e. The number of benzene rings is 1. The van der Waals surface area contributed by atoms with E-state index >= 15 is 0 Å². The Labute approximate surface area is 156 Å². The van der Waals surface area contributed by atoms with Crippen LogP contribution in [0.1, 0.15) is 20.8 Å². The normalized spacial score (nSPS) is 11.8. The third-order valence-electron chi connectivity index (χ3n) is 4.49. The summed E-state index contributed by atoms with van der Waals surface area (Å²) in [7, 11) is 0. The number of aromatic nitrogens is 3. The van der Waals surface area contributed by atoms with Gasteiger partial charge in [-0.05, 0) is 44.4 Å². The minimum absolute atomic E-state index is 0.401. The van der Waals surface area contributed by atoms with Gasteiger partial charge in [-0.2, -0.15) is 0 Å². The average Bonchev–Trinajstić information content (AvgIpc) is 3.07. The van der Waals surface area contributed by atoms with Gasteiger partial charge in [0, 0.05) is 34.3 Å². The summed E-state index contributed by atoms with van der Waals surface area (Å²) in [6.07, 6.45) is 2.57. The van der Waals surface area contributed by atoms with Crippen molar-refractivity contribution >= 4 is 33.7 Å². The third-order valence-corrected chi connectivity index (χ3v) is 4.49. The summed E-state index contributed by atoms with van der Waals surface area (Å²) in [5.41, 5.74) is 1.75. The van der Waals surface area contributed by atoms with Crippen molar-refractivity contribution in [3.05, 3.63) is 54.9 Å². The molecule has 3 heterocycles. The van der Waals surface area contributed by atoms with Gasteiger partial charge in [0.15, 0.2) is 0 Å². The van der Waals surface area contributed by atoms with Crippen molar-refractivity contribution < 1.29 is 9.90 Å². The second-order valence-electron chi connectivity index (χ2n) is 7.48. The highest BCUT2D eigenvalue weighted by molar-refractivity contribution is 5.99. The van der Waals surface area contributed by atoms with Crippen LogP contribution in [0.5, 0.6) is 0 Å². The number of carbonyl (C=O) groups is 1. The van der Waals surface area contributed by atoms with E-state index in [0.29, 0.717) is 11.5 Å². The summed E-state index contributed by atoms with van der Waals surface area (Å²) in [5.74, 6) is 0.401. The molecule has 6 heteroatoms. The number of hydrogen-bond donors (Lipinski definition) is 2. The highest BCUT2D eigenvalue weighted by atomic mass is 16.4. The number of anilines is 1. The van der Waals surface area contributed by atoms with Gasteiger partial charge in [0.25, 0.3) is 0 Å². The van der Waals surface area contributed by atoms with Crippen molar-refractivity contribution in [2.45, 2.75) is 26.3 Å². The fourth-order valence-corrected chi connectivity index (χ4v) is 3.32. The third kappa shape index (κ3) is 2.99. The average molecular weight is 360 g/mol. The quantitative estimate of drug-likeness (QED) is 0.523. The van der Waals surface area contributed by atoms with Crippen molar-refractivity contribution in [2.75, 3.05) is 4.90 Å². The molecule has 4 rings (SSSR count). The molecule has 0 atom stereocenters. The van der Waals surface area contributed by atoms with E-state index in [4.69, 9.17) is 4.98 Å². The zero-order chi connectivity index (χ0) is 19.2. The number of aromatic amines is 1. The molecule has 0 fully saturated rings. The second-order valence-corrected chi connectivity index (χ2v) is 7.48. The summed E-state index contributed by atoms with van der Waals surface area (Å²) >= 11 is 0. The maximum absolute atomic E-state index is 11.9. The van der Waals surface area contributed by atoms with E-state index in [0.717, 1.165) is 27.4 Å². The van der Waals surface area contributed by atoms with E-state index in [1.807, 2.05) is 69.4 Å². The van der Waals surface area contributed by atoms with Crippen molar-refractivity contribution in [2.24, 2.45) is 0 Å². The zero-order valence-corrected chi connectivity index (χ0v) is 15.4. The highest BCUT2D eigenvalue weighted by Gasteiger charge is 2.29. The van der Waals surface area contributed by atoms with Gasteiger partial charge in [-0.3, -0.25) is 4.90 Å². The Bertz CT molecular complexity index is 1160. The molecular weight excluding hydrogens is 340 g/mol. The summed E-state index contributed by atoms with van der Waals surface area (Å²) in [5, 5.41) is 12.6. The van der Waals surface area contributed by atoms with Crippen LogP contribution in [0.2, 0.25) is 0 Å². The van der Waals surface area contributed by atoms with Gasteiger partial charge in [0.1, 0.15) is 11.5 Å². The topological polar surface area (TPSA) is 82.1 Å². The summed E-state index contributed by atoms with van der Waals surface area (Å²) < 4.78 is 0. The number of nitrogens with one attached hydrogen (secondary N) is 1. The molecule has 0 unspecified atom stereocenters. The van der Waals surface area contributed by atoms with Crippen molar-refractivity contribution in [3.8, 4) is 11.3 Å². The molecule has 136 valence electrons. The van der Waals surface area contributed by atoms with Crippen LogP contribution in [0.4, 0.5) is 10.6 Å². The summed E-state index contributed by atoms with van der Waals surface area (Å²) in [4.78, 5) is 25.5. The second kappa shape index (κ2) is 6.09. The Balaban J connectivity index is 2.00. The molecule has 6 nitrogen and oxygen atoms in total. The molecule has 0 spiro atoms. The number of fused-ring (bicyclic) bond motifs is 2. The largest absolute Gasteiger partial charge is 0.465 e. The van der Waals surface area contributed by atoms with E-state index in [-0.39, 0.29) is 0 Å². The first-order valence-corrected chi connectivity index (χ1v) is 8.71. The molecular formula is C21H20N4O2. The van der Waals surface area contributed by atoms with Crippen LogP contribution in [-0.2, 0) is 0 Å². The molecule has 1 aromatic carbocycles. The van der Waals surface area contributed by atoms with Crippen LogP contribution >= 0.6 is 0 Å². The number of amides is 1. The molecule has 0 bridgehead atoms. The molecule has 0 aliphatic rings. The first kappa shape index (κ1) is 17.0. The molecule has 0 radical (unpaired) electrons. The molecule has 27 heavy (non-hydrogen) atoms. The lowest BCUT2D eigenvalue weighted by molar-refractivity contribution is 0.195. The monoisotopic (exact) mass is 360 g/mol. The fourth-order valence-electron chi connectivity index (χ4n) is 3.32. The predicted octanol–water partition coefficient (Wildman–Crippen LogP) is 5.06. The maximum atomic E-state index is 11.9. The lowest BCUT2D eigenvalue weighted by Crippen LogP contribution is -2.45. The molecule has 2 N–H and O–H groups in total. The Morgan fingerprint density at radius 3 is 2.63 bits per heavy atom. The Kier molecular flexibility index (Phi) is 3.84. The van der Waals surface area contributed by atoms with Gasteiger partial charge in [-0.25, -0.2) is 14.8 Å². The van der Waals surface area contributed by atoms with Crippen LogP contribution in [0, 0.1) is 0 Å². The molecule has 0 saturated heterocycles. The predicted molar refractivity (Wildman–Crippen MR) is 107 cm³/mol. The lowest BCUT2D eigenvalue weighted by atomic mass is 10.0. The number of hydrogen-bond acceptors (Lipinski definition) is 3. The Hall–Kier alpha value is -3.41. The number of nitrogens with zero attached hydrogens (tertiary/aromatic N) is 3. The van der Waals surface area contributed by atoms with E-state index in [1.54, 1.807) is 6.20 Å². The van der Waals surface area contributed by atoms with E-state index in [1.165, 1.54) is 4.90 Å². The lowest BCUT2D eigenvalue weighted by Gasteiger charge is -2.32. The number of carboxylic acid groups (broad SMARTS) is 1. The van der Waals surface area contributed by atoms with E-state index in [9.17, 15) is 9.90 Å². The van der Waals surface area contributed by atoms with Gasteiger partial charge < -0.3 is 10.1 Å². The van der Waals surface area contributed by atoms with Crippen LogP contribution in [0.25, 0.3) is 33.1 Å². The summed E-state index contributed by atoms with van der Waals surface area (Å²) in [6, 6.07) is 13.6. The molecule has 0 aliphatic heterocycles.